The second kappa shape index (κ2) is 7.84. The minimum Gasteiger partial charge on any atom is -0.356 e. The first kappa shape index (κ1) is 17.2. The van der Waals surface area contributed by atoms with Crippen molar-refractivity contribution in [1.29, 1.82) is 0 Å². The Balaban J connectivity index is 0.00000200. The van der Waals surface area contributed by atoms with E-state index in [4.69, 9.17) is 0 Å². The second-order valence-electron chi connectivity index (χ2n) is 5.76. The standard InChI is InChI=1S/C14H25N3O2.ClH/c1-2-6-16-12(18)3-7-17-13(19)11-10-14(11)4-8-15-9-5-14;/h11,15H,2-10H2,1H3,(H,16,18)(H,17,19);1H. The summed E-state index contributed by atoms with van der Waals surface area (Å²) in [6.45, 7) is 5.25. The molecular weight excluding hydrogens is 278 g/mol. The van der Waals surface area contributed by atoms with Gasteiger partial charge in [0.25, 0.3) is 0 Å². The molecular formula is C14H26ClN3O2. The van der Waals surface area contributed by atoms with Gasteiger partial charge >= 0.3 is 0 Å². The number of hydrogen-bond acceptors (Lipinski definition) is 3. The van der Waals surface area contributed by atoms with E-state index in [9.17, 15) is 9.59 Å². The summed E-state index contributed by atoms with van der Waals surface area (Å²) in [5, 5.41) is 9.05. The van der Waals surface area contributed by atoms with Crippen LogP contribution in [0.15, 0.2) is 0 Å². The lowest BCUT2D eigenvalue weighted by atomic mass is 9.92. The zero-order chi connectivity index (χ0) is 13.7. The first-order valence-corrected chi connectivity index (χ1v) is 7.43. The number of rotatable bonds is 6. The summed E-state index contributed by atoms with van der Waals surface area (Å²) in [7, 11) is 0. The minimum atomic E-state index is 0. The molecule has 3 N–H and O–H groups in total. The fourth-order valence-electron chi connectivity index (χ4n) is 2.97. The van der Waals surface area contributed by atoms with Gasteiger partial charge in [-0.2, -0.15) is 0 Å². The van der Waals surface area contributed by atoms with E-state index in [-0.39, 0.29) is 35.6 Å². The molecule has 1 aliphatic heterocycles. The summed E-state index contributed by atoms with van der Waals surface area (Å²) in [6.07, 6.45) is 4.58. The van der Waals surface area contributed by atoms with E-state index in [1.54, 1.807) is 0 Å². The number of carbonyl (C=O) groups excluding carboxylic acids is 2. The van der Waals surface area contributed by atoms with E-state index in [1.807, 2.05) is 6.92 Å². The Hall–Kier alpha value is -0.810. The van der Waals surface area contributed by atoms with Crippen LogP contribution in [-0.2, 0) is 9.59 Å². The Labute approximate surface area is 127 Å². The van der Waals surface area contributed by atoms with E-state index < -0.39 is 0 Å². The average molecular weight is 304 g/mol. The molecule has 0 aromatic carbocycles. The Morgan fingerprint density at radius 1 is 1.20 bits per heavy atom. The van der Waals surface area contributed by atoms with Crippen molar-refractivity contribution in [1.82, 2.24) is 16.0 Å². The van der Waals surface area contributed by atoms with E-state index in [2.05, 4.69) is 16.0 Å². The third-order valence-electron chi connectivity index (χ3n) is 4.33. The van der Waals surface area contributed by atoms with Gasteiger partial charge in [0, 0.05) is 25.4 Å². The van der Waals surface area contributed by atoms with Crippen LogP contribution in [0.3, 0.4) is 0 Å². The van der Waals surface area contributed by atoms with Crippen molar-refractivity contribution in [3.8, 4) is 0 Å². The van der Waals surface area contributed by atoms with E-state index in [0.717, 1.165) is 38.8 Å². The lowest BCUT2D eigenvalue weighted by Gasteiger charge is -2.23. The molecule has 20 heavy (non-hydrogen) atoms. The van der Waals surface area contributed by atoms with Gasteiger partial charge in [-0.05, 0) is 44.2 Å². The fraction of sp³-hybridized carbons (Fsp3) is 0.857. The molecule has 0 radical (unpaired) electrons. The highest BCUT2D eigenvalue weighted by atomic mass is 35.5. The molecule has 1 saturated heterocycles. The molecule has 6 heteroatoms. The Morgan fingerprint density at radius 3 is 2.55 bits per heavy atom. The topological polar surface area (TPSA) is 70.2 Å². The molecule has 1 atom stereocenters. The predicted octanol–water partition coefficient (Wildman–Crippen LogP) is 0.830. The number of nitrogens with one attached hydrogen (secondary N) is 3. The molecule has 1 unspecified atom stereocenters. The van der Waals surface area contributed by atoms with E-state index in [1.165, 1.54) is 0 Å². The van der Waals surface area contributed by atoms with Crippen LogP contribution in [0.25, 0.3) is 0 Å². The molecule has 2 amide bonds. The molecule has 1 spiro atoms. The molecule has 1 aliphatic carbocycles. The quantitative estimate of drug-likeness (QED) is 0.681. The summed E-state index contributed by atoms with van der Waals surface area (Å²) in [6, 6.07) is 0. The van der Waals surface area contributed by atoms with Crippen LogP contribution >= 0.6 is 12.4 Å². The SMILES string of the molecule is CCCNC(=O)CCNC(=O)C1CC12CCNCC2.Cl. The molecule has 0 bridgehead atoms. The third-order valence-corrected chi connectivity index (χ3v) is 4.33. The summed E-state index contributed by atoms with van der Waals surface area (Å²) in [5.41, 5.74) is 0.278. The van der Waals surface area contributed by atoms with Gasteiger partial charge in [0.05, 0.1) is 0 Å². The summed E-state index contributed by atoms with van der Waals surface area (Å²) in [5.74, 6) is 0.355. The average Bonchev–Trinajstić information content (AvgIpc) is 3.10. The van der Waals surface area contributed by atoms with Crippen molar-refractivity contribution in [2.75, 3.05) is 26.2 Å². The first-order valence-electron chi connectivity index (χ1n) is 7.43. The third kappa shape index (κ3) is 4.35. The molecule has 116 valence electrons. The van der Waals surface area contributed by atoms with Crippen molar-refractivity contribution in [2.45, 2.75) is 39.0 Å². The second-order valence-corrected chi connectivity index (χ2v) is 5.76. The molecule has 2 aliphatic rings. The Kier molecular flexibility index (Phi) is 6.76. The van der Waals surface area contributed by atoms with Gasteiger partial charge in [-0.1, -0.05) is 6.92 Å². The van der Waals surface area contributed by atoms with Gasteiger partial charge in [0.1, 0.15) is 0 Å². The Morgan fingerprint density at radius 2 is 1.90 bits per heavy atom. The van der Waals surface area contributed by atoms with E-state index >= 15 is 0 Å². The van der Waals surface area contributed by atoms with Crippen LogP contribution in [0.5, 0.6) is 0 Å². The highest BCUT2D eigenvalue weighted by molar-refractivity contribution is 5.85. The van der Waals surface area contributed by atoms with Crippen LogP contribution in [-0.4, -0.2) is 38.0 Å². The summed E-state index contributed by atoms with van der Waals surface area (Å²) in [4.78, 5) is 23.4. The van der Waals surface area contributed by atoms with Crippen molar-refractivity contribution in [3.63, 3.8) is 0 Å². The minimum absolute atomic E-state index is 0. The number of piperidine rings is 1. The zero-order valence-corrected chi connectivity index (χ0v) is 13.0. The van der Waals surface area contributed by atoms with Crippen LogP contribution in [0.2, 0.25) is 0 Å². The smallest absolute Gasteiger partial charge is 0.223 e. The fourth-order valence-corrected chi connectivity index (χ4v) is 2.97. The summed E-state index contributed by atoms with van der Waals surface area (Å²) >= 11 is 0. The first-order chi connectivity index (χ1) is 9.18. The van der Waals surface area contributed by atoms with Crippen molar-refractivity contribution >= 4 is 24.2 Å². The summed E-state index contributed by atoms with van der Waals surface area (Å²) < 4.78 is 0. The molecule has 0 aromatic heterocycles. The maximum Gasteiger partial charge on any atom is 0.223 e. The molecule has 1 heterocycles. The predicted molar refractivity (Wildman–Crippen MR) is 80.8 cm³/mol. The molecule has 1 saturated carbocycles. The van der Waals surface area contributed by atoms with Gasteiger partial charge in [0.15, 0.2) is 0 Å². The zero-order valence-electron chi connectivity index (χ0n) is 12.2. The normalized spacial score (nSPS) is 22.8. The molecule has 2 rings (SSSR count). The highest BCUT2D eigenvalue weighted by Gasteiger charge is 2.57. The lowest BCUT2D eigenvalue weighted by Crippen LogP contribution is -2.35. The largest absolute Gasteiger partial charge is 0.356 e. The maximum atomic E-state index is 12.0. The van der Waals surface area contributed by atoms with Gasteiger partial charge in [0.2, 0.25) is 11.8 Å². The Bertz CT molecular complexity index is 343. The van der Waals surface area contributed by atoms with Crippen LogP contribution in [0.1, 0.15) is 39.0 Å². The lowest BCUT2D eigenvalue weighted by molar-refractivity contribution is -0.123. The van der Waals surface area contributed by atoms with Gasteiger partial charge < -0.3 is 16.0 Å². The molecule has 0 aromatic rings. The van der Waals surface area contributed by atoms with Crippen LogP contribution < -0.4 is 16.0 Å². The number of carbonyl (C=O) groups is 2. The van der Waals surface area contributed by atoms with Gasteiger partial charge in [-0.15, -0.1) is 12.4 Å². The van der Waals surface area contributed by atoms with Crippen molar-refractivity contribution in [3.05, 3.63) is 0 Å². The molecule has 2 fully saturated rings. The number of hydrogen-bond donors (Lipinski definition) is 3. The van der Waals surface area contributed by atoms with Crippen LogP contribution in [0.4, 0.5) is 0 Å². The number of halogens is 1. The van der Waals surface area contributed by atoms with Crippen LogP contribution in [0, 0.1) is 11.3 Å². The van der Waals surface area contributed by atoms with Gasteiger partial charge in [-0.3, -0.25) is 9.59 Å². The van der Waals surface area contributed by atoms with Crippen molar-refractivity contribution in [2.24, 2.45) is 11.3 Å². The number of amides is 2. The van der Waals surface area contributed by atoms with Gasteiger partial charge in [-0.25, -0.2) is 0 Å². The maximum absolute atomic E-state index is 12.0. The highest BCUT2D eigenvalue weighted by Crippen LogP contribution is 2.58. The monoisotopic (exact) mass is 303 g/mol. The van der Waals surface area contributed by atoms with E-state index in [0.29, 0.717) is 19.5 Å². The van der Waals surface area contributed by atoms with Crippen molar-refractivity contribution < 1.29 is 9.59 Å². The molecule has 5 nitrogen and oxygen atoms in total.